The molecule has 0 radical (unpaired) electrons. The first kappa shape index (κ1) is 14.6. The highest BCUT2D eigenvalue weighted by Crippen LogP contribution is 2.16. The summed E-state index contributed by atoms with van der Waals surface area (Å²) in [5.41, 5.74) is 2.13. The summed E-state index contributed by atoms with van der Waals surface area (Å²) in [6.07, 6.45) is 1.93. The molecule has 2 amide bonds. The van der Waals surface area contributed by atoms with Crippen LogP contribution in [0.3, 0.4) is 0 Å². The lowest BCUT2D eigenvalue weighted by molar-refractivity contribution is 0.242. The third-order valence-electron chi connectivity index (χ3n) is 3.19. The molecule has 0 unspecified atom stereocenters. The van der Waals surface area contributed by atoms with Crippen LogP contribution >= 0.6 is 0 Å². The second-order valence-corrected chi connectivity index (χ2v) is 4.55. The molecule has 0 atom stereocenters. The maximum atomic E-state index is 12.2. The van der Waals surface area contributed by atoms with Crippen LogP contribution in [0, 0.1) is 6.92 Å². The number of nitrogens with one attached hydrogen (secondary N) is 1. The predicted molar refractivity (Wildman–Crippen MR) is 77.1 cm³/mol. The van der Waals surface area contributed by atoms with Crippen molar-refractivity contribution in [2.24, 2.45) is 0 Å². The van der Waals surface area contributed by atoms with Gasteiger partial charge in [0.2, 0.25) is 0 Å². The van der Waals surface area contributed by atoms with Gasteiger partial charge in [-0.1, -0.05) is 26.0 Å². The first-order chi connectivity index (χ1) is 8.62. The average Bonchev–Trinajstić information content (AvgIpc) is 2.37. The molecule has 3 heteroatoms. The molecule has 0 bridgehead atoms. The molecule has 0 spiro atoms. The quantitative estimate of drug-likeness (QED) is 0.846. The van der Waals surface area contributed by atoms with E-state index in [2.05, 4.69) is 19.2 Å². The van der Waals surface area contributed by atoms with E-state index in [9.17, 15) is 4.79 Å². The van der Waals surface area contributed by atoms with Crippen LogP contribution in [0.5, 0.6) is 0 Å². The second kappa shape index (κ2) is 7.04. The Morgan fingerprint density at radius 2 is 1.94 bits per heavy atom. The van der Waals surface area contributed by atoms with Gasteiger partial charge in [-0.25, -0.2) is 4.79 Å². The van der Waals surface area contributed by atoms with Gasteiger partial charge in [0.15, 0.2) is 0 Å². The SMILES string of the molecule is CCC(CC)NC(=O)N(CC)c1cccc(C)c1. The van der Waals surface area contributed by atoms with Crippen LogP contribution in [0.1, 0.15) is 39.2 Å². The van der Waals surface area contributed by atoms with Crippen molar-refractivity contribution >= 4 is 11.7 Å². The fourth-order valence-electron chi connectivity index (χ4n) is 1.98. The van der Waals surface area contributed by atoms with Crippen LogP contribution in [-0.4, -0.2) is 18.6 Å². The van der Waals surface area contributed by atoms with E-state index in [1.54, 1.807) is 4.90 Å². The molecule has 0 aliphatic carbocycles. The minimum absolute atomic E-state index is 0.00296. The summed E-state index contributed by atoms with van der Waals surface area (Å²) in [6.45, 7) is 8.90. The average molecular weight is 248 g/mol. The molecule has 3 nitrogen and oxygen atoms in total. The van der Waals surface area contributed by atoms with E-state index in [0.717, 1.165) is 18.5 Å². The highest BCUT2D eigenvalue weighted by atomic mass is 16.2. The van der Waals surface area contributed by atoms with Gasteiger partial charge in [-0.3, -0.25) is 4.90 Å². The topological polar surface area (TPSA) is 32.3 Å². The minimum Gasteiger partial charge on any atom is -0.335 e. The molecule has 0 fully saturated rings. The summed E-state index contributed by atoms with van der Waals surface area (Å²) in [4.78, 5) is 14.0. The van der Waals surface area contributed by atoms with Gasteiger partial charge in [0, 0.05) is 18.3 Å². The van der Waals surface area contributed by atoms with Gasteiger partial charge in [0.25, 0.3) is 0 Å². The van der Waals surface area contributed by atoms with E-state index in [0.29, 0.717) is 6.54 Å². The van der Waals surface area contributed by atoms with Crippen molar-refractivity contribution in [3.63, 3.8) is 0 Å². The van der Waals surface area contributed by atoms with Crippen LogP contribution < -0.4 is 10.2 Å². The van der Waals surface area contributed by atoms with Gasteiger partial charge in [-0.15, -0.1) is 0 Å². The Morgan fingerprint density at radius 1 is 1.28 bits per heavy atom. The Kier molecular flexibility index (Phi) is 5.69. The Morgan fingerprint density at radius 3 is 2.44 bits per heavy atom. The molecule has 0 saturated carbocycles. The predicted octanol–water partition coefficient (Wildman–Crippen LogP) is 3.72. The van der Waals surface area contributed by atoms with Crippen LogP contribution in [0.4, 0.5) is 10.5 Å². The van der Waals surface area contributed by atoms with E-state index in [-0.39, 0.29) is 12.1 Å². The fraction of sp³-hybridized carbons (Fsp3) is 0.533. The third kappa shape index (κ3) is 3.76. The van der Waals surface area contributed by atoms with Gasteiger partial charge >= 0.3 is 6.03 Å². The number of benzene rings is 1. The standard InChI is InChI=1S/C15H24N2O/c1-5-13(6-2)16-15(18)17(7-3)14-10-8-9-12(4)11-14/h8-11,13H,5-7H2,1-4H3,(H,16,18). The minimum atomic E-state index is -0.00296. The van der Waals surface area contributed by atoms with Gasteiger partial charge in [0.05, 0.1) is 0 Å². The molecular formula is C15H24N2O. The zero-order chi connectivity index (χ0) is 13.5. The van der Waals surface area contributed by atoms with Crippen LogP contribution in [0.2, 0.25) is 0 Å². The Hall–Kier alpha value is -1.51. The molecule has 1 rings (SSSR count). The number of aryl methyl sites for hydroxylation is 1. The van der Waals surface area contributed by atoms with Crippen molar-refractivity contribution in [2.75, 3.05) is 11.4 Å². The van der Waals surface area contributed by atoms with Gasteiger partial charge < -0.3 is 5.32 Å². The zero-order valence-electron chi connectivity index (χ0n) is 11.9. The lowest BCUT2D eigenvalue weighted by atomic mass is 10.2. The molecule has 0 saturated heterocycles. The molecule has 0 aliphatic rings. The highest BCUT2D eigenvalue weighted by Gasteiger charge is 2.16. The van der Waals surface area contributed by atoms with Gasteiger partial charge in [-0.2, -0.15) is 0 Å². The van der Waals surface area contributed by atoms with E-state index in [4.69, 9.17) is 0 Å². The number of hydrogen-bond donors (Lipinski definition) is 1. The molecule has 0 aromatic heterocycles. The van der Waals surface area contributed by atoms with Crippen molar-refractivity contribution in [2.45, 2.75) is 46.6 Å². The zero-order valence-corrected chi connectivity index (χ0v) is 11.9. The normalized spacial score (nSPS) is 10.5. The van der Waals surface area contributed by atoms with Crippen LogP contribution in [-0.2, 0) is 0 Å². The van der Waals surface area contributed by atoms with Gasteiger partial charge in [-0.05, 0) is 44.4 Å². The molecular weight excluding hydrogens is 224 g/mol. The third-order valence-corrected chi connectivity index (χ3v) is 3.19. The first-order valence-corrected chi connectivity index (χ1v) is 6.77. The summed E-state index contributed by atoms with van der Waals surface area (Å²) >= 11 is 0. The van der Waals surface area contributed by atoms with Crippen LogP contribution in [0.15, 0.2) is 24.3 Å². The largest absolute Gasteiger partial charge is 0.335 e. The molecule has 0 aliphatic heterocycles. The number of carbonyl (C=O) groups is 1. The lowest BCUT2D eigenvalue weighted by Gasteiger charge is -2.25. The van der Waals surface area contributed by atoms with Crippen molar-refractivity contribution in [1.82, 2.24) is 5.32 Å². The number of nitrogens with zero attached hydrogens (tertiary/aromatic N) is 1. The summed E-state index contributed by atoms with van der Waals surface area (Å²) in [6, 6.07) is 8.29. The van der Waals surface area contributed by atoms with E-state index in [1.165, 1.54) is 5.56 Å². The lowest BCUT2D eigenvalue weighted by Crippen LogP contribution is -2.44. The smallest absolute Gasteiger partial charge is 0.322 e. The Bertz CT molecular complexity index is 386. The second-order valence-electron chi connectivity index (χ2n) is 4.55. The number of amides is 2. The molecule has 1 N–H and O–H groups in total. The van der Waals surface area contributed by atoms with E-state index < -0.39 is 0 Å². The monoisotopic (exact) mass is 248 g/mol. The molecule has 1 aromatic rings. The summed E-state index contributed by atoms with van der Waals surface area (Å²) < 4.78 is 0. The van der Waals surface area contributed by atoms with Crippen molar-refractivity contribution in [1.29, 1.82) is 0 Å². The number of anilines is 1. The number of carbonyl (C=O) groups excluding carboxylic acids is 1. The van der Waals surface area contributed by atoms with E-state index in [1.807, 2.05) is 38.1 Å². The molecule has 0 heterocycles. The number of rotatable bonds is 5. The van der Waals surface area contributed by atoms with Crippen LogP contribution in [0.25, 0.3) is 0 Å². The van der Waals surface area contributed by atoms with Gasteiger partial charge in [0.1, 0.15) is 0 Å². The number of urea groups is 1. The van der Waals surface area contributed by atoms with Crippen molar-refractivity contribution in [3.05, 3.63) is 29.8 Å². The molecule has 18 heavy (non-hydrogen) atoms. The number of hydrogen-bond acceptors (Lipinski definition) is 1. The Balaban J connectivity index is 2.80. The molecule has 100 valence electrons. The first-order valence-electron chi connectivity index (χ1n) is 6.77. The maximum Gasteiger partial charge on any atom is 0.322 e. The highest BCUT2D eigenvalue weighted by molar-refractivity contribution is 5.92. The Labute approximate surface area is 110 Å². The summed E-state index contributed by atoms with van der Waals surface area (Å²) in [5, 5.41) is 3.07. The summed E-state index contributed by atoms with van der Waals surface area (Å²) in [7, 11) is 0. The summed E-state index contributed by atoms with van der Waals surface area (Å²) in [5.74, 6) is 0. The van der Waals surface area contributed by atoms with Crippen molar-refractivity contribution in [3.8, 4) is 0 Å². The van der Waals surface area contributed by atoms with E-state index >= 15 is 0 Å². The fourth-order valence-corrected chi connectivity index (χ4v) is 1.98. The van der Waals surface area contributed by atoms with Crippen molar-refractivity contribution < 1.29 is 4.79 Å². The maximum absolute atomic E-state index is 12.2. The molecule has 1 aromatic carbocycles.